The molecule has 0 bridgehead atoms. The number of non-ortho nitro benzene ring substituents is 1. The number of benzene rings is 3. The van der Waals surface area contributed by atoms with Crippen LogP contribution in [-0.2, 0) is 26.0 Å². The summed E-state index contributed by atoms with van der Waals surface area (Å²) in [4.78, 5) is 22.2. The van der Waals surface area contributed by atoms with Crippen LogP contribution in [-0.4, -0.2) is 24.6 Å². The van der Waals surface area contributed by atoms with Crippen LogP contribution in [0.3, 0.4) is 0 Å². The lowest BCUT2D eigenvalue weighted by molar-refractivity contribution is -0.384. The number of rotatable bonds is 6. The fourth-order valence-electron chi connectivity index (χ4n) is 2.77. The third-order valence-electron chi connectivity index (χ3n) is 4.42. The second-order valence-electron chi connectivity index (χ2n) is 6.18. The maximum atomic E-state index is 12.6. The second kappa shape index (κ2) is 7.77. The summed E-state index contributed by atoms with van der Waals surface area (Å²) < 4.78 is 30.5. The molecule has 8 heteroatoms. The van der Waals surface area contributed by atoms with Crippen LogP contribution in [0.15, 0.2) is 71.6 Å². The molecule has 7 nitrogen and oxygen atoms in total. The Morgan fingerprint density at radius 1 is 1.04 bits per heavy atom. The van der Waals surface area contributed by atoms with E-state index in [0.717, 1.165) is 40.6 Å². The van der Waals surface area contributed by atoms with Crippen LogP contribution in [0.2, 0.25) is 0 Å². The van der Waals surface area contributed by atoms with E-state index < -0.39 is 26.0 Å². The van der Waals surface area contributed by atoms with Crippen molar-refractivity contribution in [2.24, 2.45) is 0 Å². The minimum absolute atomic E-state index is 0.0552. The Balaban J connectivity index is 1.75. The first-order valence-electron chi connectivity index (χ1n) is 8.42. The number of ether oxygens (including phenoxy) is 1. The first-order chi connectivity index (χ1) is 13.3. The first-order valence-corrected chi connectivity index (χ1v) is 9.97. The number of carbonyl (C=O) groups is 1. The van der Waals surface area contributed by atoms with Gasteiger partial charge in [0.1, 0.15) is 6.61 Å². The third kappa shape index (κ3) is 3.86. The number of hydrogen-bond donors (Lipinski definition) is 0. The molecule has 0 spiro atoms. The number of esters is 1. The molecule has 0 radical (unpaired) electrons. The van der Waals surface area contributed by atoms with Crippen molar-refractivity contribution >= 4 is 32.3 Å². The average Bonchev–Trinajstić information content (AvgIpc) is 2.71. The van der Waals surface area contributed by atoms with Gasteiger partial charge in [-0.3, -0.25) is 14.9 Å². The Labute approximate surface area is 161 Å². The van der Waals surface area contributed by atoms with Crippen LogP contribution in [0.5, 0.6) is 0 Å². The van der Waals surface area contributed by atoms with Crippen molar-refractivity contribution in [1.29, 1.82) is 0 Å². The number of nitro benzene ring substituents is 1. The molecular formula is C20H17NO6S. The maximum Gasteiger partial charge on any atom is 0.324 e. The maximum absolute atomic E-state index is 12.6. The molecule has 0 amide bonds. The van der Waals surface area contributed by atoms with Gasteiger partial charge >= 0.3 is 5.97 Å². The molecule has 28 heavy (non-hydrogen) atoms. The second-order valence-corrected chi connectivity index (χ2v) is 8.45. The third-order valence-corrected chi connectivity index (χ3v) is 6.48. The summed E-state index contributed by atoms with van der Waals surface area (Å²) in [5.41, 5.74) is 0.538. The first kappa shape index (κ1) is 19.5. The Morgan fingerprint density at radius 2 is 1.68 bits per heavy atom. The summed E-state index contributed by atoms with van der Waals surface area (Å²) in [7, 11) is -4.02. The lowest BCUT2D eigenvalue weighted by Gasteiger charge is -2.13. The summed E-state index contributed by atoms with van der Waals surface area (Å²) in [6, 6.07) is 17.6. The molecule has 144 valence electrons. The van der Waals surface area contributed by atoms with Crippen molar-refractivity contribution in [1.82, 2.24) is 0 Å². The number of fused-ring (bicyclic) bond motifs is 1. The largest absolute Gasteiger partial charge is 0.460 e. The van der Waals surface area contributed by atoms with Crippen molar-refractivity contribution in [3.8, 4) is 0 Å². The van der Waals surface area contributed by atoms with Gasteiger partial charge in [-0.25, -0.2) is 8.42 Å². The van der Waals surface area contributed by atoms with Gasteiger partial charge < -0.3 is 4.74 Å². The van der Waals surface area contributed by atoms with Crippen molar-refractivity contribution in [2.75, 3.05) is 0 Å². The highest BCUT2D eigenvalue weighted by Crippen LogP contribution is 2.22. The predicted molar refractivity (Wildman–Crippen MR) is 103 cm³/mol. The van der Waals surface area contributed by atoms with Gasteiger partial charge in [0, 0.05) is 12.1 Å². The normalized spacial score (nSPS) is 12.5. The van der Waals surface area contributed by atoms with E-state index in [1.165, 1.54) is 6.92 Å². The number of carbonyl (C=O) groups excluding carboxylic acids is 1. The van der Waals surface area contributed by atoms with Crippen LogP contribution in [0.1, 0.15) is 12.5 Å². The molecule has 0 aromatic heterocycles. The molecule has 0 aliphatic rings. The van der Waals surface area contributed by atoms with Gasteiger partial charge in [0.15, 0.2) is 15.1 Å². The van der Waals surface area contributed by atoms with Crippen LogP contribution in [0.25, 0.3) is 10.8 Å². The van der Waals surface area contributed by atoms with Gasteiger partial charge in [0.05, 0.1) is 9.82 Å². The molecule has 0 saturated heterocycles. The van der Waals surface area contributed by atoms with E-state index in [4.69, 9.17) is 4.74 Å². The number of nitro groups is 1. The Morgan fingerprint density at radius 3 is 2.36 bits per heavy atom. The Bertz CT molecular complexity index is 1130. The molecule has 1 atom stereocenters. The number of hydrogen-bond acceptors (Lipinski definition) is 6. The number of sulfone groups is 1. The molecule has 0 fully saturated rings. The summed E-state index contributed by atoms with van der Waals surface area (Å²) in [6.45, 7) is 1.18. The van der Waals surface area contributed by atoms with E-state index in [1.54, 1.807) is 0 Å². The van der Waals surface area contributed by atoms with Gasteiger partial charge in [-0.2, -0.15) is 0 Å². The molecule has 3 rings (SSSR count). The van der Waals surface area contributed by atoms with Gasteiger partial charge in [0.25, 0.3) is 5.69 Å². The predicted octanol–water partition coefficient (Wildman–Crippen LogP) is 3.65. The molecule has 0 unspecified atom stereocenters. The fraction of sp³-hybridized carbons (Fsp3) is 0.150. The zero-order valence-corrected chi connectivity index (χ0v) is 15.8. The minimum Gasteiger partial charge on any atom is -0.460 e. The van der Waals surface area contributed by atoms with Crippen molar-refractivity contribution in [3.63, 3.8) is 0 Å². The fourth-order valence-corrected chi connectivity index (χ4v) is 4.02. The van der Waals surface area contributed by atoms with Crippen molar-refractivity contribution in [2.45, 2.75) is 23.7 Å². The standard InChI is InChI=1S/C20H17NO6S/c1-14(28(25,26)18-11-9-17(10-12-18)21(23)24)20(22)27-13-16-7-4-6-15-5-2-3-8-19(15)16/h2-12,14H,13H2,1H3/t14-/m0/s1. The van der Waals surface area contributed by atoms with E-state index in [2.05, 4.69) is 0 Å². The molecule has 0 heterocycles. The van der Waals surface area contributed by atoms with E-state index in [-0.39, 0.29) is 17.2 Å². The molecule has 0 aliphatic carbocycles. The summed E-state index contributed by atoms with van der Waals surface area (Å²) in [6.07, 6.45) is 0. The van der Waals surface area contributed by atoms with Crippen LogP contribution >= 0.6 is 0 Å². The van der Waals surface area contributed by atoms with Gasteiger partial charge in [-0.05, 0) is 35.4 Å². The molecule has 0 saturated carbocycles. The zero-order chi connectivity index (χ0) is 20.3. The van der Waals surface area contributed by atoms with E-state index in [0.29, 0.717) is 0 Å². The van der Waals surface area contributed by atoms with Gasteiger partial charge in [-0.15, -0.1) is 0 Å². The lowest BCUT2D eigenvalue weighted by Crippen LogP contribution is -2.29. The van der Waals surface area contributed by atoms with E-state index in [1.807, 2.05) is 42.5 Å². The van der Waals surface area contributed by atoms with Crippen LogP contribution in [0, 0.1) is 10.1 Å². The van der Waals surface area contributed by atoms with Crippen LogP contribution in [0.4, 0.5) is 5.69 Å². The zero-order valence-electron chi connectivity index (χ0n) is 14.9. The highest BCUT2D eigenvalue weighted by molar-refractivity contribution is 7.92. The number of nitrogens with zero attached hydrogens (tertiary/aromatic N) is 1. The average molecular weight is 399 g/mol. The highest BCUT2D eigenvalue weighted by atomic mass is 32.2. The monoisotopic (exact) mass is 399 g/mol. The van der Waals surface area contributed by atoms with Crippen molar-refractivity contribution in [3.05, 3.63) is 82.4 Å². The van der Waals surface area contributed by atoms with Gasteiger partial charge in [-0.1, -0.05) is 42.5 Å². The van der Waals surface area contributed by atoms with Gasteiger partial charge in [0.2, 0.25) is 0 Å². The topological polar surface area (TPSA) is 104 Å². The smallest absolute Gasteiger partial charge is 0.324 e. The minimum atomic E-state index is -4.02. The summed E-state index contributed by atoms with van der Waals surface area (Å²) >= 11 is 0. The van der Waals surface area contributed by atoms with Crippen molar-refractivity contribution < 1.29 is 22.9 Å². The molecule has 0 N–H and O–H groups in total. The SMILES string of the molecule is C[C@@H](C(=O)OCc1cccc2ccccc12)S(=O)(=O)c1ccc([N+](=O)[O-])cc1. The van der Waals surface area contributed by atoms with E-state index in [9.17, 15) is 23.3 Å². The van der Waals surface area contributed by atoms with E-state index >= 15 is 0 Å². The Kier molecular flexibility index (Phi) is 5.41. The summed E-state index contributed by atoms with van der Waals surface area (Å²) in [5, 5.41) is 11.2. The Hall–Kier alpha value is -3.26. The molecule has 3 aromatic rings. The highest BCUT2D eigenvalue weighted by Gasteiger charge is 2.31. The quantitative estimate of drug-likeness (QED) is 0.356. The summed E-state index contributed by atoms with van der Waals surface area (Å²) in [5.74, 6) is -0.883. The molecule has 0 aliphatic heterocycles. The molecule has 3 aromatic carbocycles. The van der Waals surface area contributed by atoms with Crippen LogP contribution < -0.4 is 0 Å². The molecular weight excluding hydrogens is 382 g/mol. The lowest BCUT2D eigenvalue weighted by atomic mass is 10.1.